The molecular weight excluding hydrogens is 322 g/mol. The molecule has 2 aromatic rings. The Kier molecular flexibility index (Phi) is 4.60. The summed E-state index contributed by atoms with van der Waals surface area (Å²) in [6.07, 6.45) is 6.24. The van der Waals surface area contributed by atoms with E-state index < -0.39 is 0 Å². The van der Waals surface area contributed by atoms with Crippen LogP contribution in [0.15, 0.2) is 30.3 Å². The van der Waals surface area contributed by atoms with Crippen molar-refractivity contribution >= 4 is 5.91 Å². The van der Waals surface area contributed by atoms with Gasteiger partial charge in [0.25, 0.3) is 5.91 Å². The van der Waals surface area contributed by atoms with E-state index in [1.54, 1.807) is 0 Å². The second-order valence-electron chi connectivity index (χ2n) is 8.19. The number of benzene rings is 1. The SMILES string of the molecule is Cc1cc(C)n(Cc2ccc(C(=O)N3C(C)CC4CCCCC43)cc2)n1. The Morgan fingerprint density at radius 2 is 1.88 bits per heavy atom. The molecule has 4 rings (SSSR count). The molecule has 1 aliphatic carbocycles. The summed E-state index contributed by atoms with van der Waals surface area (Å²) in [5.41, 5.74) is 4.20. The van der Waals surface area contributed by atoms with Gasteiger partial charge >= 0.3 is 0 Å². The van der Waals surface area contributed by atoms with Crippen molar-refractivity contribution in [2.75, 3.05) is 0 Å². The van der Waals surface area contributed by atoms with Crippen LogP contribution in [0.5, 0.6) is 0 Å². The molecule has 138 valence electrons. The summed E-state index contributed by atoms with van der Waals surface area (Å²) in [6.45, 7) is 7.06. The predicted molar refractivity (Wildman–Crippen MR) is 103 cm³/mol. The first-order chi connectivity index (χ1) is 12.5. The third kappa shape index (κ3) is 3.17. The summed E-state index contributed by atoms with van der Waals surface area (Å²) in [7, 11) is 0. The number of aromatic nitrogens is 2. The van der Waals surface area contributed by atoms with Crippen molar-refractivity contribution in [2.45, 2.75) is 71.5 Å². The lowest BCUT2D eigenvalue weighted by Crippen LogP contribution is -2.42. The number of aryl methyl sites for hydroxylation is 2. The van der Waals surface area contributed by atoms with Crippen LogP contribution >= 0.6 is 0 Å². The molecule has 4 heteroatoms. The third-order valence-electron chi connectivity index (χ3n) is 6.22. The molecule has 2 aliphatic rings. The molecule has 0 radical (unpaired) electrons. The summed E-state index contributed by atoms with van der Waals surface area (Å²) in [5, 5.41) is 4.52. The minimum Gasteiger partial charge on any atom is -0.333 e. The molecule has 2 fully saturated rings. The van der Waals surface area contributed by atoms with E-state index in [9.17, 15) is 4.79 Å². The number of hydrogen-bond donors (Lipinski definition) is 0. The minimum absolute atomic E-state index is 0.213. The Bertz CT molecular complexity index is 792. The number of carbonyl (C=O) groups excluding carboxylic acids is 1. The molecule has 1 aliphatic heterocycles. The van der Waals surface area contributed by atoms with Gasteiger partial charge in [-0.3, -0.25) is 9.48 Å². The highest BCUT2D eigenvalue weighted by Gasteiger charge is 2.42. The molecule has 4 nitrogen and oxygen atoms in total. The van der Waals surface area contributed by atoms with Crippen LogP contribution in [0, 0.1) is 19.8 Å². The number of fused-ring (bicyclic) bond motifs is 1. The lowest BCUT2D eigenvalue weighted by atomic mass is 9.85. The van der Waals surface area contributed by atoms with Crippen LogP contribution in [0.25, 0.3) is 0 Å². The van der Waals surface area contributed by atoms with E-state index in [4.69, 9.17) is 0 Å². The van der Waals surface area contributed by atoms with Crippen LogP contribution in [0.3, 0.4) is 0 Å². The van der Waals surface area contributed by atoms with Gasteiger partial charge in [-0.2, -0.15) is 5.10 Å². The van der Waals surface area contributed by atoms with E-state index in [1.165, 1.54) is 37.7 Å². The zero-order valence-electron chi connectivity index (χ0n) is 16.1. The Morgan fingerprint density at radius 3 is 2.58 bits per heavy atom. The topological polar surface area (TPSA) is 38.1 Å². The highest BCUT2D eigenvalue weighted by atomic mass is 16.2. The summed E-state index contributed by atoms with van der Waals surface area (Å²) in [4.78, 5) is 15.3. The highest BCUT2D eigenvalue weighted by Crippen LogP contribution is 2.40. The van der Waals surface area contributed by atoms with Gasteiger partial charge in [0.05, 0.1) is 12.2 Å². The Morgan fingerprint density at radius 1 is 1.15 bits per heavy atom. The van der Waals surface area contributed by atoms with Crippen molar-refractivity contribution in [3.8, 4) is 0 Å². The molecule has 1 aromatic carbocycles. The van der Waals surface area contributed by atoms with Crippen molar-refractivity contribution in [2.24, 2.45) is 5.92 Å². The smallest absolute Gasteiger partial charge is 0.254 e. The average molecular weight is 351 g/mol. The molecule has 3 unspecified atom stereocenters. The molecule has 26 heavy (non-hydrogen) atoms. The first-order valence-electron chi connectivity index (χ1n) is 9.95. The molecule has 2 heterocycles. The summed E-state index contributed by atoms with van der Waals surface area (Å²) < 4.78 is 2.02. The Labute approximate surface area is 156 Å². The van der Waals surface area contributed by atoms with Crippen molar-refractivity contribution in [3.63, 3.8) is 0 Å². The van der Waals surface area contributed by atoms with Gasteiger partial charge in [0.2, 0.25) is 0 Å². The van der Waals surface area contributed by atoms with Gasteiger partial charge in [0.15, 0.2) is 0 Å². The van der Waals surface area contributed by atoms with E-state index in [-0.39, 0.29) is 5.91 Å². The maximum absolute atomic E-state index is 13.1. The van der Waals surface area contributed by atoms with E-state index in [0.29, 0.717) is 18.0 Å². The van der Waals surface area contributed by atoms with Gasteiger partial charge in [-0.15, -0.1) is 0 Å². The van der Waals surface area contributed by atoms with Crippen molar-refractivity contribution < 1.29 is 4.79 Å². The normalized spacial score (nSPS) is 25.3. The van der Waals surface area contributed by atoms with Crippen LogP contribution in [-0.2, 0) is 6.54 Å². The molecule has 1 saturated heterocycles. The maximum Gasteiger partial charge on any atom is 0.254 e. The number of rotatable bonds is 3. The van der Waals surface area contributed by atoms with E-state index in [0.717, 1.165) is 23.5 Å². The number of nitrogens with zero attached hydrogens (tertiary/aromatic N) is 3. The molecule has 3 atom stereocenters. The lowest BCUT2D eigenvalue weighted by Gasteiger charge is -2.33. The predicted octanol–water partition coefficient (Wildman–Crippen LogP) is 4.34. The van der Waals surface area contributed by atoms with Crippen LogP contribution < -0.4 is 0 Å². The molecule has 1 aromatic heterocycles. The molecule has 0 N–H and O–H groups in total. The zero-order valence-corrected chi connectivity index (χ0v) is 16.1. The Balaban J connectivity index is 1.49. The van der Waals surface area contributed by atoms with Crippen molar-refractivity contribution in [3.05, 3.63) is 52.8 Å². The lowest BCUT2D eigenvalue weighted by molar-refractivity contribution is 0.0633. The Hall–Kier alpha value is -2.10. The molecule has 0 spiro atoms. The maximum atomic E-state index is 13.1. The van der Waals surface area contributed by atoms with Gasteiger partial charge in [-0.05, 0) is 69.7 Å². The first kappa shape index (κ1) is 17.3. The standard InChI is InChI=1S/C22H29N3O/c1-15-12-16(2)24(23-15)14-18-8-10-19(11-9-18)22(26)25-17(3)13-20-6-4-5-7-21(20)25/h8-12,17,20-21H,4-7,13-14H2,1-3H3. The quantitative estimate of drug-likeness (QED) is 0.825. The average Bonchev–Trinajstić information content (AvgIpc) is 3.12. The van der Waals surface area contributed by atoms with Crippen molar-refractivity contribution in [1.82, 2.24) is 14.7 Å². The second kappa shape index (κ2) is 6.90. The van der Waals surface area contributed by atoms with Gasteiger partial charge in [0.1, 0.15) is 0 Å². The molecule has 1 saturated carbocycles. The fourth-order valence-electron chi connectivity index (χ4n) is 4.97. The minimum atomic E-state index is 0.213. The zero-order chi connectivity index (χ0) is 18.3. The van der Waals surface area contributed by atoms with E-state index in [2.05, 4.69) is 42.0 Å². The highest BCUT2D eigenvalue weighted by molar-refractivity contribution is 5.95. The van der Waals surface area contributed by atoms with Crippen molar-refractivity contribution in [1.29, 1.82) is 0 Å². The second-order valence-corrected chi connectivity index (χ2v) is 8.19. The largest absolute Gasteiger partial charge is 0.333 e. The van der Waals surface area contributed by atoms with Crippen LogP contribution in [-0.4, -0.2) is 32.7 Å². The summed E-state index contributed by atoms with van der Waals surface area (Å²) >= 11 is 0. The van der Waals surface area contributed by atoms with Gasteiger partial charge in [-0.25, -0.2) is 0 Å². The fraction of sp³-hybridized carbons (Fsp3) is 0.545. The van der Waals surface area contributed by atoms with Gasteiger partial charge < -0.3 is 4.90 Å². The fourth-order valence-corrected chi connectivity index (χ4v) is 4.97. The van der Waals surface area contributed by atoms with Crippen LogP contribution in [0.4, 0.5) is 0 Å². The van der Waals surface area contributed by atoms with Gasteiger partial charge in [-0.1, -0.05) is 25.0 Å². The number of carbonyl (C=O) groups is 1. The third-order valence-corrected chi connectivity index (χ3v) is 6.22. The number of hydrogen-bond acceptors (Lipinski definition) is 2. The molecule has 0 bridgehead atoms. The monoisotopic (exact) mass is 351 g/mol. The molecule has 1 amide bonds. The number of amides is 1. The summed E-state index contributed by atoms with van der Waals surface area (Å²) in [6, 6.07) is 11.0. The van der Waals surface area contributed by atoms with Gasteiger partial charge in [0, 0.05) is 23.3 Å². The molecular formula is C22H29N3O. The van der Waals surface area contributed by atoms with Crippen LogP contribution in [0.1, 0.15) is 66.3 Å². The summed E-state index contributed by atoms with van der Waals surface area (Å²) in [5.74, 6) is 0.928. The van der Waals surface area contributed by atoms with Crippen LogP contribution in [0.2, 0.25) is 0 Å². The van der Waals surface area contributed by atoms with E-state index >= 15 is 0 Å². The first-order valence-corrected chi connectivity index (χ1v) is 9.95. The number of likely N-dealkylation sites (tertiary alicyclic amines) is 1. The van der Waals surface area contributed by atoms with E-state index in [1.807, 2.05) is 23.7 Å².